The molecule has 1 rings (SSSR count). The zero-order chi connectivity index (χ0) is 7.23. The van der Waals surface area contributed by atoms with E-state index in [-0.39, 0.29) is 0 Å². The maximum Gasteiger partial charge on any atom is 0.0935 e. The van der Waals surface area contributed by atoms with E-state index in [1.807, 2.05) is 13.0 Å². The van der Waals surface area contributed by atoms with Gasteiger partial charge in [-0.1, -0.05) is 0 Å². The minimum Gasteiger partial charge on any atom is -0.472 e. The maximum atomic E-state index is 5.04. The molecule has 0 fully saturated rings. The third kappa shape index (κ3) is 2.23. The van der Waals surface area contributed by atoms with Crippen LogP contribution in [0.15, 0.2) is 23.0 Å². The number of furan rings is 1. The molecular formula is C8H11O2. The molecule has 1 aromatic rings. The molecular weight excluding hydrogens is 128 g/mol. The average Bonchev–Trinajstić information content (AvgIpc) is 2.41. The van der Waals surface area contributed by atoms with Gasteiger partial charge < -0.3 is 9.15 Å². The van der Waals surface area contributed by atoms with E-state index in [0.717, 1.165) is 13.0 Å². The molecule has 0 bridgehead atoms. The predicted octanol–water partition coefficient (Wildman–Crippen LogP) is 2.02. The highest BCUT2D eigenvalue weighted by Gasteiger charge is 1.92. The first-order valence-corrected chi connectivity index (χ1v) is 3.34. The molecule has 1 radical (unpaired) electrons. The summed E-state index contributed by atoms with van der Waals surface area (Å²) in [5.41, 5.74) is 1.18. The van der Waals surface area contributed by atoms with Crippen molar-refractivity contribution < 1.29 is 9.15 Å². The molecule has 2 heteroatoms. The van der Waals surface area contributed by atoms with Gasteiger partial charge in [0.25, 0.3) is 0 Å². The second-order valence-corrected chi connectivity index (χ2v) is 1.99. The van der Waals surface area contributed by atoms with Crippen molar-refractivity contribution in [3.05, 3.63) is 30.8 Å². The van der Waals surface area contributed by atoms with Crippen molar-refractivity contribution in [1.29, 1.82) is 0 Å². The largest absolute Gasteiger partial charge is 0.472 e. The highest BCUT2D eigenvalue weighted by atomic mass is 16.5. The van der Waals surface area contributed by atoms with Gasteiger partial charge in [-0.05, 0) is 25.0 Å². The molecule has 0 amide bonds. The summed E-state index contributed by atoms with van der Waals surface area (Å²) in [5.74, 6) is 0. The summed E-state index contributed by atoms with van der Waals surface area (Å²) in [6.07, 6.45) is 4.32. The van der Waals surface area contributed by atoms with Crippen molar-refractivity contribution in [2.75, 3.05) is 6.61 Å². The lowest BCUT2D eigenvalue weighted by Crippen LogP contribution is -1.92. The summed E-state index contributed by atoms with van der Waals surface area (Å²) in [6, 6.07) is 1.94. The van der Waals surface area contributed by atoms with Crippen LogP contribution in [0.5, 0.6) is 0 Å². The van der Waals surface area contributed by atoms with Crippen LogP contribution in [0.25, 0.3) is 0 Å². The summed E-state index contributed by atoms with van der Waals surface area (Å²) in [7, 11) is 0. The number of ether oxygens (including phenoxy) is 1. The molecule has 0 atom stereocenters. The van der Waals surface area contributed by atoms with Crippen LogP contribution in [0.4, 0.5) is 0 Å². The van der Waals surface area contributed by atoms with Crippen molar-refractivity contribution in [1.82, 2.24) is 0 Å². The first-order valence-electron chi connectivity index (χ1n) is 3.34. The zero-order valence-corrected chi connectivity index (χ0v) is 6.04. The van der Waals surface area contributed by atoms with Crippen LogP contribution in [0, 0.1) is 6.61 Å². The Morgan fingerprint density at radius 1 is 1.70 bits per heavy atom. The van der Waals surface area contributed by atoms with E-state index in [1.54, 1.807) is 19.1 Å². The second kappa shape index (κ2) is 4.12. The molecule has 0 aliphatic carbocycles. The van der Waals surface area contributed by atoms with E-state index in [2.05, 4.69) is 0 Å². The molecule has 10 heavy (non-hydrogen) atoms. The lowest BCUT2D eigenvalue weighted by Gasteiger charge is -1.95. The van der Waals surface area contributed by atoms with Crippen LogP contribution < -0.4 is 0 Å². The molecule has 0 aliphatic heterocycles. The Morgan fingerprint density at radius 3 is 3.20 bits per heavy atom. The van der Waals surface area contributed by atoms with E-state index >= 15 is 0 Å². The van der Waals surface area contributed by atoms with Crippen LogP contribution in [-0.2, 0) is 11.2 Å². The van der Waals surface area contributed by atoms with Gasteiger partial charge in [-0.2, -0.15) is 0 Å². The molecule has 1 aromatic heterocycles. The highest BCUT2D eigenvalue weighted by molar-refractivity contribution is 5.04. The minimum absolute atomic E-state index is 0.732. The molecule has 0 aliphatic rings. The van der Waals surface area contributed by atoms with Crippen LogP contribution in [0.2, 0.25) is 0 Å². The van der Waals surface area contributed by atoms with Gasteiger partial charge in [-0.15, -0.1) is 0 Å². The fraction of sp³-hybridized carbons (Fsp3) is 0.375. The summed E-state index contributed by atoms with van der Waals surface area (Å²) >= 11 is 0. The van der Waals surface area contributed by atoms with Gasteiger partial charge in [0, 0.05) is 0 Å². The van der Waals surface area contributed by atoms with E-state index in [9.17, 15) is 0 Å². The monoisotopic (exact) mass is 139 g/mol. The Hall–Kier alpha value is -0.760. The lowest BCUT2D eigenvalue weighted by molar-refractivity contribution is 0.208. The van der Waals surface area contributed by atoms with Crippen LogP contribution in [0.1, 0.15) is 12.5 Å². The Bertz CT molecular complexity index is 156. The summed E-state index contributed by atoms with van der Waals surface area (Å²) in [4.78, 5) is 0. The first kappa shape index (κ1) is 7.35. The quantitative estimate of drug-likeness (QED) is 0.595. The standard InChI is InChI=1S/C8H11O2/c1-2-9-5-3-8-4-6-10-7-8/h2,4,6-7H,3,5H2,1H3. The Morgan fingerprint density at radius 2 is 2.60 bits per heavy atom. The van der Waals surface area contributed by atoms with Gasteiger partial charge in [0.05, 0.1) is 25.7 Å². The number of hydrogen-bond acceptors (Lipinski definition) is 2. The molecule has 0 saturated heterocycles. The SMILES string of the molecule is C[CH]OCCc1ccoc1. The van der Waals surface area contributed by atoms with Crippen molar-refractivity contribution >= 4 is 0 Å². The molecule has 0 N–H and O–H groups in total. The first-order chi connectivity index (χ1) is 4.93. The van der Waals surface area contributed by atoms with Gasteiger partial charge in [0.1, 0.15) is 0 Å². The van der Waals surface area contributed by atoms with Crippen LogP contribution in [-0.4, -0.2) is 6.61 Å². The predicted molar refractivity (Wildman–Crippen MR) is 38.3 cm³/mol. The van der Waals surface area contributed by atoms with Crippen molar-refractivity contribution in [2.45, 2.75) is 13.3 Å². The smallest absolute Gasteiger partial charge is 0.0935 e. The molecule has 1 heterocycles. The third-order valence-electron chi connectivity index (χ3n) is 1.26. The van der Waals surface area contributed by atoms with Crippen molar-refractivity contribution in [3.8, 4) is 0 Å². The summed E-state index contributed by atoms with van der Waals surface area (Å²) in [6.45, 7) is 4.30. The van der Waals surface area contributed by atoms with Gasteiger partial charge in [-0.3, -0.25) is 0 Å². The Kier molecular flexibility index (Phi) is 3.03. The molecule has 0 spiro atoms. The topological polar surface area (TPSA) is 22.4 Å². The highest BCUT2D eigenvalue weighted by Crippen LogP contribution is 2.00. The van der Waals surface area contributed by atoms with Gasteiger partial charge in [0.2, 0.25) is 0 Å². The molecule has 0 aromatic carbocycles. The minimum atomic E-state index is 0.732. The van der Waals surface area contributed by atoms with Crippen LogP contribution >= 0.6 is 0 Å². The number of hydrogen-bond donors (Lipinski definition) is 0. The zero-order valence-electron chi connectivity index (χ0n) is 6.04. The molecule has 2 nitrogen and oxygen atoms in total. The molecule has 0 saturated carbocycles. The summed E-state index contributed by atoms with van der Waals surface area (Å²) < 4.78 is 9.92. The average molecular weight is 139 g/mol. The van der Waals surface area contributed by atoms with E-state index < -0.39 is 0 Å². The lowest BCUT2D eigenvalue weighted by atomic mass is 10.3. The Balaban J connectivity index is 2.15. The van der Waals surface area contributed by atoms with Gasteiger partial charge in [-0.25, -0.2) is 0 Å². The summed E-state index contributed by atoms with van der Waals surface area (Å²) in [5, 5.41) is 0. The fourth-order valence-corrected chi connectivity index (χ4v) is 0.730. The number of rotatable bonds is 4. The normalized spacial score (nSPS) is 10.1. The van der Waals surface area contributed by atoms with Crippen LogP contribution in [0.3, 0.4) is 0 Å². The van der Waals surface area contributed by atoms with Crippen molar-refractivity contribution in [2.24, 2.45) is 0 Å². The van der Waals surface area contributed by atoms with Crippen molar-refractivity contribution in [3.63, 3.8) is 0 Å². The third-order valence-corrected chi connectivity index (χ3v) is 1.26. The van der Waals surface area contributed by atoms with E-state index in [0.29, 0.717) is 0 Å². The second-order valence-electron chi connectivity index (χ2n) is 1.99. The fourth-order valence-electron chi connectivity index (χ4n) is 0.730. The van der Waals surface area contributed by atoms with Gasteiger partial charge in [0.15, 0.2) is 0 Å². The van der Waals surface area contributed by atoms with E-state index in [1.165, 1.54) is 5.56 Å². The van der Waals surface area contributed by atoms with Gasteiger partial charge >= 0.3 is 0 Å². The maximum absolute atomic E-state index is 5.04. The molecule has 55 valence electrons. The van der Waals surface area contributed by atoms with E-state index in [4.69, 9.17) is 9.15 Å². The molecule has 0 unspecified atom stereocenters. The Labute approximate surface area is 60.8 Å².